The predicted molar refractivity (Wildman–Crippen MR) is 294 cm³/mol. The van der Waals surface area contributed by atoms with Crippen LogP contribution in [-0.2, 0) is 0 Å². The summed E-state index contributed by atoms with van der Waals surface area (Å²) < 4.78 is 2.17. The number of hydrogen-bond acceptors (Lipinski definition) is 10. The molecule has 10 nitrogen and oxygen atoms in total. The summed E-state index contributed by atoms with van der Waals surface area (Å²) in [6.45, 7) is 15.7. The quantitative estimate of drug-likeness (QED) is 0.0707. The second kappa shape index (κ2) is 15.6. The lowest BCUT2D eigenvalue weighted by atomic mass is 9.81. The van der Waals surface area contributed by atoms with E-state index in [2.05, 4.69) is 0 Å². The van der Waals surface area contributed by atoms with Crippen molar-refractivity contribution < 1.29 is 19.2 Å². The van der Waals surface area contributed by atoms with Gasteiger partial charge in [0.05, 0.1) is 55.6 Å². The highest BCUT2D eigenvalue weighted by molar-refractivity contribution is 7.20. The molecule has 0 fully saturated rings. The number of para-hydroxylation sites is 2. The Morgan fingerprint density at radius 3 is 1.00 bits per heavy atom. The fourth-order valence-corrected chi connectivity index (χ4v) is 13.1. The number of imide groups is 2. The normalized spacial score (nSPS) is 14.1. The standard InChI is InChI=1S/C60H42N6O4S2/c1-27-31(5)55(32(6)28(2)53(27)61-25-47-63-43-13-9-11-15-45(43)71-47)65-57(67)39-21-17-35-37-19-23-41-52-42(24-20-38(50(37)52)36-18-22-40(58(65)68)51(39)49(35)36)60(70)66(59(41)69)56-33(7)29(3)54(30(4)34(56)8)62-26-48-64-44-14-10-12-16-46(44)72-48/h9-26H,1-8H3. The van der Waals surface area contributed by atoms with Crippen molar-refractivity contribution >= 4 is 145 Å². The van der Waals surface area contributed by atoms with Gasteiger partial charge < -0.3 is 0 Å². The third-order valence-corrected chi connectivity index (χ3v) is 17.3. The van der Waals surface area contributed by atoms with Crippen molar-refractivity contribution in [3.8, 4) is 0 Å². The van der Waals surface area contributed by atoms with Crippen LogP contribution in [0, 0.1) is 55.4 Å². The molecule has 348 valence electrons. The first kappa shape index (κ1) is 43.7. The van der Waals surface area contributed by atoms with Gasteiger partial charge in [0.2, 0.25) is 0 Å². The molecule has 0 aliphatic carbocycles. The van der Waals surface area contributed by atoms with Gasteiger partial charge in [0.1, 0.15) is 10.0 Å². The summed E-state index contributed by atoms with van der Waals surface area (Å²) in [5, 5.41) is 7.67. The van der Waals surface area contributed by atoms with Crippen LogP contribution in [0.5, 0.6) is 0 Å². The summed E-state index contributed by atoms with van der Waals surface area (Å²) in [5.41, 5.74) is 12.9. The van der Waals surface area contributed by atoms with Crippen LogP contribution in [-0.4, -0.2) is 46.0 Å². The topological polar surface area (TPSA) is 125 Å². The first-order valence-corrected chi connectivity index (χ1v) is 25.3. The maximum absolute atomic E-state index is 15.0. The maximum Gasteiger partial charge on any atom is 0.266 e. The van der Waals surface area contributed by atoms with Gasteiger partial charge in [0, 0.05) is 33.0 Å². The number of aromatic nitrogens is 2. The zero-order valence-corrected chi connectivity index (χ0v) is 42.2. The van der Waals surface area contributed by atoms with Gasteiger partial charge >= 0.3 is 0 Å². The zero-order chi connectivity index (χ0) is 49.8. The van der Waals surface area contributed by atoms with Crippen molar-refractivity contribution in [1.82, 2.24) is 9.97 Å². The molecule has 0 saturated heterocycles. The lowest BCUT2D eigenvalue weighted by Gasteiger charge is -2.33. The average Bonchev–Trinajstić information content (AvgIpc) is 4.01. The van der Waals surface area contributed by atoms with Gasteiger partial charge in [0.15, 0.2) is 0 Å². The Labute approximate surface area is 421 Å². The molecule has 2 aliphatic heterocycles. The summed E-state index contributed by atoms with van der Waals surface area (Å²) >= 11 is 3.15. The summed E-state index contributed by atoms with van der Waals surface area (Å²) in [4.78, 5) is 81.8. The van der Waals surface area contributed by atoms with Crippen molar-refractivity contribution in [1.29, 1.82) is 0 Å². The zero-order valence-electron chi connectivity index (χ0n) is 40.5. The number of amides is 4. The Hall–Kier alpha value is -8.32. The predicted octanol–water partition coefficient (Wildman–Crippen LogP) is 14.5. The lowest BCUT2D eigenvalue weighted by Crippen LogP contribution is -2.41. The number of thiazole rings is 2. The third-order valence-electron chi connectivity index (χ3n) is 15.4. The SMILES string of the molecule is Cc1c(C)c(N2C(=O)c3ccc4c5ccc6c7c(ccc(c8ccc(c3c48)C2=O)c75)C(=O)N(c2c(C)c(C)c(N=Cc3nc4ccccc4s3)c(C)c2C)C6=O)c(C)c(C)c1N=Cc1nc2ccccc2s1. The number of benzene rings is 9. The monoisotopic (exact) mass is 974 g/mol. The summed E-state index contributed by atoms with van der Waals surface area (Å²) in [6.07, 6.45) is 3.57. The number of carbonyl (C=O) groups excluding carboxylic acids is 4. The first-order chi connectivity index (χ1) is 34.7. The molecule has 12 heteroatoms. The molecule has 4 heterocycles. The van der Waals surface area contributed by atoms with Crippen molar-refractivity contribution in [2.75, 3.05) is 9.80 Å². The third kappa shape index (κ3) is 5.93. The average molecular weight is 975 g/mol. The van der Waals surface area contributed by atoms with Gasteiger partial charge in [-0.25, -0.2) is 19.8 Å². The fraction of sp³-hybridized carbons (Fsp3) is 0.133. The number of anilines is 2. The molecular weight excluding hydrogens is 933 g/mol. The summed E-state index contributed by atoms with van der Waals surface area (Å²) in [5.74, 6) is -1.60. The molecule has 2 aromatic heterocycles. The van der Waals surface area contributed by atoms with Gasteiger partial charge in [-0.05, 0) is 181 Å². The van der Waals surface area contributed by atoms with Gasteiger partial charge in [-0.15, -0.1) is 22.7 Å². The molecule has 0 atom stereocenters. The Balaban J connectivity index is 0.889. The van der Waals surface area contributed by atoms with Crippen LogP contribution in [0.25, 0.3) is 63.5 Å². The summed E-state index contributed by atoms with van der Waals surface area (Å²) in [7, 11) is 0. The van der Waals surface area contributed by atoms with E-state index in [0.717, 1.165) is 119 Å². The molecular formula is C60H42N6O4S2. The van der Waals surface area contributed by atoms with E-state index >= 15 is 0 Å². The molecule has 0 N–H and O–H groups in total. The molecule has 0 saturated carbocycles. The van der Waals surface area contributed by atoms with E-state index < -0.39 is 23.6 Å². The fourth-order valence-electron chi connectivity index (χ4n) is 11.4. The van der Waals surface area contributed by atoms with Crippen LogP contribution in [0.3, 0.4) is 0 Å². The van der Waals surface area contributed by atoms with E-state index in [4.69, 9.17) is 20.0 Å². The number of carbonyl (C=O) groups is 4. The first-order valence-electron chi connectivity index (χ1n) is 23.7. The van der Waals surface area contributed by atoms with Gasteiger partial charge in [-0.3, -0.25) is 29.2 Å². The van der Waals surface area contributed by atoms with Crippen LogP contribution in [0.15, 0.2) is 107 Å². The van der Waals surface area contributed by atoms with Crippen molar-refractivity contribution in [3.63, 3.8) is 0 Å². The Morgan fingerprint density at radius 2 is 0.694 bits per heavy atom. The molecule has 72 heavy (non-hydrogen) atoms. The molecule has 0 unspecified atom stereocenters. The molecule has 2 aliphatic rings. The number of rotatable bonds is 6. The van der Waals surface area contributed by atoms with Crippen LogP contribution < -0.4 is 9.80 Å². The van der Waals surface area contributed by atoms with Crippen molar-refractivity contribution in [2.24, 2.45) is 9.98 Å². The molecule has 0 spiro atoms. The second-order valence-electron chi connectivity index (χ2n) is 19.0. The molecule has 4 amide bonds. The molecule has 13 rings (SSSR count). The second-order valence-corrected chi connectivity index (χ2v) is 21.1. The number of hydrogen-bond donors (Lipinski definition) is 0. The number of aliphatic imine (C=N–C) groups is 2. The van der Waals surface area contributed by atoms with Gasteiger partial charge in [0.25, 0.3) is 23.6 Å². The van der Waals surface area contributed by atoms with E-state index in [1.165, 1.54) is 9.80 Å². The largest absolute Gasteiger partial charge is 0.268 e. The van der Waals surface area contributed by atoms with E-state index in [1.807, 2.05) is 152 Å². The van der Waals surface area contributed by atoms with Crippen LogP contribution in [0.2, 0.25) is 0 Å². The van der Waals surface area contributed by atoms with E-state index in [1.54, 1.807) is 35.1 Å². The molecule has 9 aromatic carbocycles. The van der Waals surface area contributed by atoms with E-state index in [9.17, 15) is 19.2 Å². The van der Waals surface area contributed by atoms with Crippen LogP contribution in [0.4, 0.5) is 22.7 Å². The summed E-state index contributed by atoms with van der Waals surface area (Å²) in [6, 6.07) is 31.0. The van der Waals surface area contributed by atoms with E-state index in [0.29, 0.717) is 44.4 Å². The molecule has 0 radical (unpaired) electrons. The van der Waals surface area contributed by atoms with Crippen LogP contribution >= 0.6 is 22.7 Å². The highest BCUT2D eigenvalue weighted by Gasteiger charge is 2.40. The van der Waals surface area contributed by atoms with E-state index in [-0.39, 0.29) is 0 Å². The Morgan fingerprint density at radius 1 is 0.389 bits per heavy atom. The minimum Gasteiger partial charge on any atom is -0.268 e. The molecule has 0 bridgehead atoms. The van der Waals surface area contributed by atoms with Crippen molar-refractivity contribution in [2.45, 2.75) is 55.4 Å². The Kier molecular flexibility index (Phi) is 9.46. The highest BCUT2D eigenvalue weighted by Crippen LogP contribution is 2.49. The van der Waals surface area contributed by atoms with Gasteiger partial charge in [-0.2, -0.15) is 0 Å². The maximum atomic E-state index is 15.0. The van der Waals surface area contributed by atoms with Crippen LogP contribution in [0.1, 0.15) is 96.0 Å². The van der Waals surface area contributed by atoms with Gasteiger partial charge in [-0.1, -0.05) is 48.5 Å². The minimum absolute atomic E-state index is 0.400. The smallest absolute Gasteiger partial charge is 0.266 e. The number of nitrogens with zero attached hydrogens (tertiary/aromatic N) is 6. The van der Waals surface area contributed by atoms with Crippen molar-refractivity contribution in [3.05, 3.63) is 174 Å². The highest BCUT2D eigenvalue weighted by atomic mass is 32.1. The Bertz CT molecular complexity index is 3900. The minimum atomic E-state index is -0.400. The lowest BCUT2D eigenvalue weighted by molar-refractivity contribution is 0.0877. The number of fused-ring (bicyclic) bond motifs is 4. The molecule has 11 aromatic rings.